The molecule has 3 rings (SSSR count). The van der Waals surface area contributed by atoms with Crippen LogP contribution >= 0.6 is 11.8 Å². The van der Waals surface area contributed by atoms with Gasteiger partial charge in [0, 0.05) is 28.3 Å². The maximum Gasteiger partial charge on any atom is 0.270 e. The summed E-state index contributed by atoms with van der Waals surface area (Å²) >= 11 is 1.31. The van der Waals surface area contributed by atoms with Gasteiger partial charge in [-0.15, -0.1) is 11.8 Å². The number of hydrogen-bond donors (Lipinski definition) is 1. The number of hydrogen-bond acceptors (Lipinski definition) is 5. The first kappa shape index (κ1) is 20.3. The molecule has 0 saturated heterocycles. The lowest BCUT2D eigenvalue weighted by Crippen LogP contribution is -2.14. The Morgan fingerprint density at radius 3 is 2.45 bits per heavy atom. The quantitative estimate of drug-likeness (QED) is 0.252. The summed E-state index contributed by atoms with van der Waals surface area (Å²) < 4.78 is 0. The lowest BCUT2D eigenvalue weighted by Gasteiger charge is -2.08. The number of benzene rings is 3. The molecule has 0 aromatic heterocycles. The molecule has 0 radical (unpaired) electrons. The fourth-order valence-corrected chi connectivity index (χ4v) is 3.52. The molecule has 3 aromatic carbocycles. The smallest absolute Gasteiger partial charge is 0.270 e. The van der Waals surface area contributed by atoms with Crippen LogP contribution in [-0.2, 0) is 11.2 Å². The van der Waals surface area contributed by atoms with E-state index < -0.39 is 4.92 Å². The molecule has 0 aliphatic carbocycles. The summed E-state index contributed by atoms with van der Waals surface area (Å²) in [6.07, 6.45) is 0.281. The minimum Gasteiger partial charge on any atom is -0.326 e. The number of thioether (sulfide) groups is 1. The van der Waals surface area contributed by atoms with Gasteiger partial charge in [-0.25, -0.2) is 0 Å². The van der Waals surface area contributed by atoms with Gasteiger partial charge < -0.3 is 5.32 Å². The van der Waals surface area contributed by atoms with Crippen LogP contribution in [-0.4, -0.2) is 22.4 Å². The molecule has 0 aliphatic rings. The van der Waals surface area contributed by atoms with Crippen LogP contribution in [0.3, 0.4) is 0 Å². The van der Waals surface area contributed by atoms with Gasteiger partial charge in [0.15, 0.2) is 5.78 Å². The second kappa shape index (κ2) is 9.66. The number of Topliss-reactive ketones (excluding diaryl/α,β-unsaturated/α-hetero) is 1. The van der Waals surface area contributed by atoms with Crippen molar-refractivity contribution in [1.29, 1.82) is 0 Å². The Labute approximate surface area is 172 Å². The number of non-ortho nitro benzene ring substituents is 1. The fraction of sp³-hybridized carbons (Fsp3) is 0.0909. The Kier molecular flexibility index (Phi) is 6.76. The van der Waals surface area contributed by atoms with E-state index in [1.54, 1.807) is 24.3 Å². The number of nitrogens with zero attached hydrogens (tertiary/aromatic N) is 1. The first-order valence-electron chi connectivity index (χ1n) is 8.85. The molecular weight excluding hydrogens is 388 g/mol. The number of nitrogens with one attached hydrogen (secondary N) is 1. The molecule has 146 valence electrons. The highest BCUT2D eigenvalue weighted by molar-refractivity contribution is 8.00. The molecule has 6 nitrogen and oxygen atoms in total. The van der Waals surface area contributed by atoms with Crippen molar-refractivity contribution >= 4 is 34.8 Å². The van der Waals surface area contributed by atoms with Gasteiger partial charge in [-0.05, 0) is 23.8 Å². The second-order valence-corrected chi connectivity index (χ2v) is 7.31. The van der Waals surface area contributed by atoms with E-state index in [1.807, 2.05) is 36.4 Å². The van der Waals surface area contributed by atoms with E-state index >= 15 is 0 Å². The Balaban J connectivity index is 1.58. The Morgan fingerprint density at radius 1 is 0.931 bits per heavy atom. The van der Waals surface area contributed by atoms with Crippen molar-refractivity contribution in [2.45, 2.75) is 11.3 Å². The van der Waals surface area contributed by atoms with E-state index in [1.165, 1.54) is 30.0 Å². The summed E-state index contributed by atoms with van der Waals surface area (Å²) in [6.45, 7) is 0. The number of anilines is 1. The number of carbonyl (C=O) groups is 2. The number of ketones is 1. The van der Waals surface area contributed by atoms with Crippen LogP contribution < -0.4 is 5.32 Å². The van der Waals surface area contributed by atoms with E-state index in [0.717, 1.165) is 10.5 Å². The summed E-state index contributed by atoms with van der Waals surface area (Å²) in [5, 5.41) is 13.7. The van der Waals surface area contributed by atoms with Crippen LogP contribution in [0.25, 0.3) is 0 Å². The van der Waals surface area contributed by atoms with Gasteiger partial charge in [-0.1, -0.05) is 48.5 Å². The zero-order valence-electron chi connectivity index (χ0n) is 15.4. The van der Waals surface area contributed by atoms with E-state index in [-0.39, 0.29) is 29.6 Å². The SMILES string of the molecule is O=C(Cc1ccccc1)Nc1cccc(SCC(=O)c2cccc([N+](=O)[O-])c2)c1. The predicted octanol–water partition coefficient (Wildman–Crippen LogP) is 4.75. The van der Waals surface area contributed by atoms with Gasteiger partial charge in [0.05, 0.1) is 17.1 Å². The van der Waals surface area contributed by atoms with E-state index in [9.17, 15) is 19.7 Å². The van der Waals surface area contributed by atoms with Crippen LogP contribution in [0.5, 0.6) is 0 Å². The van der Waals surface area contributed by atoms with Crippen LogP contribution in [0, 0.1) is 10.1 Å². The highest BCUT2D eigenvalue weighted by Gasteiger charge is 2.12. The maximum atomic E-state index is 12.3. The predicted molar refractivity (Wildman–Crippen MR) is 113 cm³/mol. The number of nitro groups is 1. The molecule has 0 spiro atoms. The molecule has 0 saturated carbocycles. The van der Waals surface area contributed by atoms with Crippen LogP contribution in [0.15, 0.2) is 83.8 Å². The lowest BCUT2D eigenvalue weighted by atomic mass is 10.1. The third kappa shape index (κ3) is 6.02. The summed E-state index contributed by atoms with van der Waals surface area (Å²) in [6, 6.07) is 22.4. The molecule has 0 atom stereocenters. The molecule has 0 unspecified atom stereocenters. The molecule has 0 fully saturated rings. The van der Waals surface area contributed by atoms with Gasteiger partial charge in [0.25, 0.3) is 5.69 Å². The molecule has 29 heavy (non-hydrogen) atoms. The average molecular weight is 406 g/mol. The first-order chi connectivity index (χ1) is 14.0. The minimum atomic E-state index is -0.522. The van der Waals surface area contributed by atoms with E-state index in [2.05, 4.69) is 5.32 Å². The largest absolute Gasteiger partial charge is 0.326 e. The van der Waals surface area contributed by atoms with Gasteiger partial charge in [-0.2, -0.15) is 0 Å². The molecule has 0 aliphatic heterocycles. The van der Waals surface area contributed by atoms with Crippen molar-refractivity contribution in [3.63, 3.8) is 0 Å². The summed E-state index contributed by atoms with van der Waals surface area (Å²) in [7, 11) is 0. The Morgan fingerprint density at radius 2 is 1.69 bits per heavy atom. The van der Waals surface area contributed by atoms with Crippen molar-refractivity contribution in [2.24, 2.45) is 0 Å². The number of rotatable bonds is 8. The maximum absolute atomic E-state index is 12.3. The van der Waals surface area contributed by atoms with Crippen LogP contribution in [0.4, 0.5) is 11.4 Å². The Hall–Kier alpha value is -3.45. The third-order valence-corrected chi connectivity index (χ3v) is 5.07. The number of amides is 1. The fourth-order valence-electron chi connectivity index (χ4n) is 2.68. The van der Waals surface area contributed by atoms with Gasteiger partial charge >= 0.3 is 0 Å². The average Bonchev–Trinajstić information content (AvgIpc) is 2.73. The molecule has 0 heterocycles. The summed E-state index contributed by atoms with van der Waals surface area (Å²) in [5.74, 6) is -0.175. The van der Waals surface area contributed by atoms with Gasteiger partial charge in [0.1, 0.15) is 0 Å². The highest BCUT2D eigenvalue weighted by atomic mass is 32.2. The third-order valence-electron chi connectivity index (χ3n) is 4.07. The zero-order chi connectivity index (χ0) is 20.6. The van der Waals surface area contributed by atoms with Gasteiger partial charge in [-0.3, -0.25) is 19.7 Å². The highest BCUT2D eigenvalue weighted by Crippen LogP contribution is 2.23. The van der Waals surface area contributed by atoms with Crippen molar-refractivity contribution in [3.8, 4) is 0 Å². The van der Waals surface area contributed by atoms with Crippen molar-refractivity contribution in [2.75, 3.05) is 11.1 Å². The molecule has 0 bridgehead atoms. The molecular formula is C22H18N2O4S. The normalized spacial score (nSPS) is 10.3. The topological polar surface area (TPSA) is 89.3 Å². The molecule has 1 amide bonds. The summed E-state index contributed by atoms with van der Waals surface area (Å²) in [4.78, 5) is 35.7. The standard InChI is InChI=1S/C22H18N2O4S/c25-21(17-8-4-10-19(13-17)24(27)28)15-29-20-11-5-9-18(14-20)23-22(26)12-16-6-2-1-3-7-16/h1-11,13-14H,12,15H2,(H,23,26). The Bertz CT molecular complexity index is 1040. The van der Waals surface area contributed by atoms with Crippen LogP contribution in [0.2, 0.25) is 0 Å². The zero-order valence-corrected chi connectivity index (χ0v) is 16.2. The number of carbonyl (C=O) groups excluding carboxylic acids is 2. The van der Waals surface area contributed by atoms with Gasteiger partial charge in [0.2, 0.25) is 5.91 Å². The van der Waals surface area contributed by atoms with E-state index in [4.69, 9.17) is 0 Å². The first-order valence-corrected chi connectivity index (χ1v) is 9.84. The molecule has 3 aromatic rings. The molecule has 7 heteroatoms. The monoisotopic (exact) mass is 406 g/mol. The number of nitro benzene ring substituents is 1. The van der Waals surface area contributed by atoms with Crippen molar-refractivity contribution in [3.05, 3.63) is 100 Å². The van der Waals surface area contributed by atoms with Crippen LogP contribution in [0.1, 0.15) is 15.9 Å². The second-order valence-electron chi connectivity index (χ2n) is 6.26. The van der Waals surface area contributed by atoms with E-state index in [0.29, 0.717) is 11.3 Å². The minimum absolute atomic E-state index is 0.107. The lowest BCUT2D eigenvalue weighted by molar-refractivity contribution is -0.384. The van der Waals surface area contributed by atoms with Crippen molar-refractivity contribution in [1.82, 2.24) is 0 Å². The van der Waals surface area contributed by atoms with Crippen molar-refractivity contribution < 1.29 is 14.5 Å². The summed E-state index contributed by atoms with van der Waals surface area (Å²) in [5.41, 5.74) is 1.78. The molecule has 1 N–H and O–H groups in total.